The van der Waals surface area contributed by atoms with Crippen LogP contribution in [0.15, 0.2) is 11.8 Å². The van der Waals surface area contributed by atoms with Crippen LogP contribution in [0.5, 0.6) is 0 Å². The van der Waals surface area contributed by atoms with Crippen molar-refractivity contribution in [3.8, 4) is 0 Å². The lowest BCUT2D eigenvalue weighted by Crippen LogP contribution is -2.31. The van der Waals surface area contributed by atoms with E-state index >= 15 is 0 Å². The van der Waals surface area contributed by atoms with Gasteiger partial charge in [-0.15, -0.1) is 0 Å². The lowest BCUT2D eigenvalue weighted by molar-refractivity contribution is 0.253. The molecule has 0 aliphatic heterocycles. The molecule has 18 heavy (non-hydrogen) atoms. The van der Waals surface area contributed by atoms with Crippen molar-refractivity contribution >= 4 is 9.28 Å². The fraction of sp³-hybridized carbons (Fsp3) is 0.857. The van der Waals surface area contributed by atoms with Crippen LogP contribution < -0.4 is 5.32 Å². The van der Waals surface area contributed by atoms with Gasteiger partial charge in [0.15, 0.2) is 0 Å². The maximum Gasteiger partial charge on any atom is 0.378 e. The molecular formula is C14H29NO2Si. The van der Waals surface area contributed by atoms with Crippen LogP contribution in [0.25, 0.3) is 0 Å². The molecule has 0 radical (unpaired) electrons. The number of allylic oxidation sites excluding steroid dienone is 1. The highest BCUT2D eigenvalue weighted by atomic mass is 28.3. The molecule has 4 heteroatoms. The first-order valence-electron chi connectivity index (χ1n) is 7.40. The Balaban J connectivity index is 2.07. The predicted octanol–water partition coefficient (Wildman–Crippen LogP) is 3.11. The van der Waals surface area contributed by atoms with Gasteiger partial charge in [-0.1, -0.05) is 19.3 Å². The fourth-order valence-corrected chi connectivity index (χ4v) is 3.61. The maximum absolute atomic E-state index is 5.73. The Hall–Kier alpha value is -0.323. The lowest BCUT2D eigenvalue weighted by atomic mass is 9.95. The van der Waals surface area contributed by atoms with Crippen molar-refractivity contribution < 1.29 is 8.85 Å². The van der Waals surface area contributed by atoms with Gasteiger partial charge in [0.05, 0.1) is 5.76 Å². The Morgan fingerprint density at radius 3 is 2.72 bits per heavy atom. The van der Waals surface area contributed by atoms with Gasteiger partial charge in [0, 0.05) is 12.6 Å². The standard InChI is InChI=1S/C14H29NO2Si/c1-4-16-18(3)17-13(2)9-8-12-15-14-10-6-5-7-11-14/h9,14-15,18H,4-8,10-12H2,1-3H3. The molecule has 1 aliphatic rings. The molecule has 1 rings (SSSR count). The van der Waals surface area contributed by atoms with Crippen molar-refractivity contribution in [2.45, 2.75) is 65.0 Å². The Bertz CT molecular complexity index is 240. The summed E-state index contributed by atoms with van der Waals surface area (Å²) in [7, 11) is -1.43. The van der Waals surface area contributed by atoms with E-state index in [0.717, 1.165) is 31.4 Å². The van der Waals surface area contributed by atoms with E-state index in [9.17, 15) is 0 Å². The molecule has 0 heterocycles. The summed E-state index contributed by atoms with van der Waals surface area (Å²) in [6, 6.07) is 0.755. The fourth-order valence-electron chi connectivity index (χ4n) is 2.45. The SMILES string of the molecule is CCO[SiH](C)OC(C)=CCCNC1CCCCC1. The van der Waals surface area contributed by atoms with E-state index in [1.807, 2.05) is 13.8 Å². The number of rotatable bonds is 8. The normalized spacial score (nSPS) is 19.8. The van der Waals surface area contributed by atoms with Crippen molar-refractivity contribution in [3.05, 3.63) is 11.8 Å². The molecule has 1 aliphatic carbocycles. The molecule has 3 nitrogen and oxygen atoms in total. The highest BCUT2D eigenvalue weighted by molar-refractivity contribution is 6.42. The Kier molecular flexibility index (Phi) is 8.38. The molecule has 0 spiro atoms. The quantitative estimate of drug-likeness (QED) is 0.418. The van der Waals surface area contributed by atoms with Gasteiger partial charge in [-0.3, -0.25) is 0 Å². The molecule has 1 unspecified atom stereocenters. The van der Waals surface area contributed by atoms with Gasteiger partial charge in [-0.05, 0) is 52.3 Å². The van der Waals surface area contributed by atoms with Crippen molar-refractivity contribution in [3.63, 3.8) is 0 Å². The van der Waals surface area contributed by atoms with Crippen LogP contribution >= 0.6 is 0 Å². The highest BCUT2D eigenvalue weighted by Gasteiger charge is 2.11. The molecule has 1 saturated carbocycles. The lowest BCUT2D eigenvalue weighted by Gasteiger charge is -2.22. The zero-order valence-corrected chi connectivity index (χ0v) is 13.4. The van der Waals surface area contributed by atoms with Gasteiger partial charge >= 0.3 is 9.28 Å². The largest absolute Gasteiger partial charge is 0.527 e. The third-order valence-corrected chi connectivity index (χ3v) is 4.87. The number of nitrogens with one attached hydrogen (secondary N) is 1. The van der Waals surface area contributed by atoms with Gasteiger partial charge in [0.1, 0.15) is 0 Å². The third-order valence-electron chi connectivity index (χ3n) is 3.37. The second kappa shape index (κ2) is 9.59. The molecular weight excluding hydrogens is 242 g/mol. The summed E-state index contributed by atoms with van der Waals surface area (Å²) in [5.74, 6) is 1.02. The zero-order valence-electron chi connectivity index (χ0n) is 12.2. The van der Waals surface area contributed by atoms with Gasteiger partial charge < -0.3 is 14.2 Å². The van der Waals surface area contributed by atoms with Crippen LogP contribution in [-0.4, -0.2) is 28.5 Å². The second-order valence-electron chi connectivity index (χ2n) is 5.03. The van der Waals surface area contributed by atoms with Crippen LogP contribution in [-0.2, 0) is 8.85 Å². The molecule has 0 aromatic rings. The van der Waals surface area contributed by atoms with Crippen LogP contribution in [0.1, 0.15) is 52.4 Å². The number of hydrogen-bond acceptors (Lipinski definition) is 3. The van der Waals surface area contributed by atoms with Crippen molar-refractivity contribution in [2.75, 3.05) is 13.2 Å². The topological polar surface area (TPSA) is 30.5 Å². The van der Waals surface area contributed by atoms with Crippen LogP contribution in [0.2, 0.25) is 6.55 Å². The van der Waals surface area contributed by atoms with E-state index in [0.29, 0.717) is 0 Å². The van der Waals surface area contributed by atoms with Crippen LogP contribution in [0, 0.1) is 0 Å². The summed E-state index contributed by atoms with van der Waals surface area (Å²) in [5.41, 5.74) is 0. The van der Waals surface area contributed by atoms with E-state index in [1.165, 1.54) is 32.1 Å². The summed E-state index contributed by atoms with van der Waals surface area (Å²) in [4.78, 5) is 0. The maximum atomic E-state index is 5.73. The Morgan fingerprint density at radius 2 is 2.06 bits per heavy atom. The van der Waals surface area contributed by atoms with E-state index in [2.05, 4.69) is 17.9 Å². The minimum absolute atomic E-state index is 0.754. The van der Waals surface area contributed by atoms with Gasteiger partial charge in [0.25, 0.3) is 0 Å². The monoisotopic (exact) mass is 271 g/mol. The average molecular weight is 271 g/mol. The van der Waals surface area contributed by atoms with Crippen molar-refractivity contribution in [2.24, 2.45) is 0 Å². The minimum Gasteiger partial charge on any atom is -0.527 e. The summed E-state index contributed by atoms with van der Waals surface area (Å²) >= 11 is 0. The highest BCUT2D eigenvalue weighted by Crippen LogP contribution is 2.17. The summed E-state index contributed by atoms with van der Waals surface area (Å²) in [6.07, 6.45) is 10.2. The Morgan fingerprint density at radius 1 is 1.33 bits per heavy atom. The summed E-state index contributed by atoms with van der Waals surface area (Å²) in [6.45, 7) is 7.93. The van der Waals surface area contributed by atoms with Crippen molar-refractivity contribution in [1.29, 1.82) is 0 Å². The van der Waals surface area contributed by atoms with Crippen molar-refractivity contribution in [1.82, 2.24) is 5.32 Å². The zero-order chi connectivity index (χ0) is 13.2. The molecule has 0 aromatic heterocycles. The smallest absolute Gasteiger partial charge is 0.378 e. The second-order valence-corrected chi connectivity index (χ2v) is 6.74. The molecule has 0 amide bonds. The van der Waals surface area contributed by atoms with E-state index in [-0.39, 0.29) is 0 Å². The summed E-state index contributed by atoms with van der Waals surface area (Å²) < 4.78 is 11.2. The van der Waals surface area contributed by atoms with E-state index < -0.39 is 9.28 Å². The number of hydrogen-bond donors (Lipinski definition) is 1. The first-order valence-corrected chi connectivity index (χ1v) is 9.50. The molecule has 1 N–H and O–H groups in total. The van der Waals surface area contributed by atoms with Gasteiger partial charge in [-0.25, -0.2) is 0 Å². The van der Waals surface area contributed by atoms with E-state index in [1.54, 1.807) is 0 Å². The van der Waals surface area contributed by atoms with E-state index in [4.69, 9.17) is 8.85 Å². The molecule has 0 bridgehead atoms. The molecule has 1 atom stereocenters. The molecule has 0 aromatic carbocycles. The van der Waals surface area contributed by atoms with Gasteiger partial charge in [0.2, 0.25) is 0 Å². The molecule has 106 valence electrons. The van der Waals surface area contributed by atoms with Gasteiger partial charge in [-0.2, -0.15) is 0 Å². The minimum atomic E-state index is -1.43. The average Bonchev–Trinajstić information content (AvgIpc) is 2.36. The van der Waals surface area contributed by atoms with Crippen LogP contribution in [0.3, 0.4) is 0 Å². The summed E-state index contributed by atoms with van der Waals surface area (Å²) in [5, 5.41) is 3.64. The first-order chi connectivity index (χ1) is 8.72. The van der Waals surface area contributed by atoms with Crippen LogP contribution in [0.4, 0.5) is 0 Å². The third kappa shape index (κ3) is 7.19. The Labute approximate surface area is 114 Å². The predicted molar refractivity (Wildman–Crippen MR) is 79.0 cm³/mol. The molecule has 0 saturated heterocycles. The first kappa shape index (κ1) is 15.7. The molecule has 1 fully saturated rings.